The zero-order valence-electron chi connectivity index (χ0n) is 2.43. The summed E-state index contributed by atoms with van der Waals surface area (Å²) in [6.07, 6.45) is 0. The van der Waals surface area contributed by atoms with E-state index < -0.39 is 0 Å². The first-order valence-electron chi connectivity index (χ1n) is 0. The van der Waals surface area contributed by atoms with Crippen LogP contribution >= 0.6 is 23.4 Å². The number of rotatable bonds is 0. The molecule has 0 aromatic heterocycles. The molecule has 0 heterocycles. The van der Waals surface area contributed by atoms with Gasteiger partial charge in [0.05, 0.1) is 0 Å². The van der Waals surface area contributed by atoms with E-state index >= 15 is 0 Å². The van der Waals surface area contributed by atoms with Crippen molar-refractivity contribution in [1.82, 2.24) is 0 Å². The largest absolute Gasteiger partial charge is 0.412 e. The molecule has 26 valence electrons. The summed E-state index contributed by atoms with van der Waals surface area (Å²) in [7, 11) is 0. The topological polar surface area (TPSA) is 31.5 Å². The Kier molecular flexibility index (Phi) is 479. The fourth-order valence-electron chi connectivity index (χ4n) is 0. The average Bonchev–Trinajstić information content (AvgIpc) is 0. The Bertz CT molecular complexity index is 11.6. The molecule has 1 nitrogen and oxygen atoms in total. The Hall–Kier alpha value is 1.99. The van der Waals surface area contributed by atoms with Crippen molar-refractivity contribution >= 4 is 40.8 Å². The fraction of sp³-hybridized carbons (Fsp3) is 0. The molecule has 0 aromatic rings. The maximum atomic E-state index is 0. The van der Waals surface area contributed by atoms with Crippen LogP contribution in [0.15, 0.2) is 0 Å². The predicted molar refractivity (Wildman–Crippen MR) is 23.9 cm³/mol. The molecule has 0 spiro atoms. The summed E-state index contributed by atoms with van der Waals surface area (Å²) in [6.45, 7) is 0. The van der Waals surface area contributed by atoms with Crippen LogP contribution < -0.4 is 0 Å². The van der Waals surface area contributed by atoms with E-state index in [1.807, 2.05) is 0 Å². The molecule has 0 saturated heterocycles. The molecular weight excluding hydrogens is 154 g/mol. The molecule has 0 aliphatic carbocycles. The van der Waals surface area contributed by atoms with Gasteiger partial charge in [-0.1, -0.05) is 0 Å². The smallest absolute Gasteiger partial charge is 0 e. The van der Waals surface area contributed by atoms with Gasteiger partial charge in [0.1, 0.15) is 0 Å². The molecule has 5 heavy (non-hydrogen) atoms. The summed E-state index contributed by atoms with van der Waals surface area (Å²) in [4.78, 5) is 0. The molecule has 0 aliphatic heterocycles. The summed E-state index contributed by atoms with van der Waals surface area (Å²) in [5.74, 6) is 0. The molecule has 2 N–H and O–H groups in total. The van der Waals surface area contributed by atoms with Crippen LogP contribution in [0.5, 0.6) is 0 Å². The minimum absolute atomic E-state index is 0. The third kappa shape index (κ3) is 24.1. The second-order valence-electron chi connectivity index (χ2n) is 0. The van der Waals surface area contributed by atoms with Crippen LogP contribution in [0, 0.1) is 0 Å². The molecule has 0 bridgehead atoms. The maximum absolute atomic E-state index is 0. The molecule has 0 rings (SSSR count). The standard InChI is InChI=1S/Al.H2O.P.S.Ti/h;1H2;;;. The number of hydrogen-bond acceptors (Lipinski definition) is 0. The molecule has 5 heteroatoms. The van der Waals surface area contributed by atoms with Crippen LogP contribution in [0.3, 0.4) is 0 Å². The van der Waals surface area contributed by atoms with Crippen molar-refractivity contribution in [3.63, 3.8) is 0 Å². The van der Waals surface area contributed by atoms with Gasteiger partial charge in [0, 0.05) is 62.5 Å². The van der Waals surface area contributed by atoms with Gasteiger partial charge in [-0.05, 0) is 0 Å². The van der Waals surface area contributed by atoms with Gasteiger partial charge in [0.25, 0.3) is 0 Å². The first-order valence-corrected chi connectivity index (χ1v) is 0. The molecule has 8 radical (unpaired) electrons. The van der Waals surface area contributed by atoms with E-state index in [2.05, 4.69) is 0 Å². The third-order valence-electron chi connectivity index (χ3n) is 0. The van der Waals surface area contributed by atoms with Crippen LogP contribution in [0.4, 0.5) is 0 Å². The summed E-state index contributed by atoms with van der Waals surface area (Å²) < 4.78 is 0. The SMILES string of the molecule is O.[Al].[P].[S].[Ti]. The summed E-state index contributed by atoms with van der Waals surface area (Å²) >= 11 is 0. The first-order chi connectivity index (χ1) is 0. The van der Waals surface area contributed by atoms with E-state index in [1.54, 1.807) is 0 Å². The molecule has 0 atom stereocenters. The van der Waals surface area contributed by atoms with Crippen molar-refractivity contribution in [2.24, 2.45) is 0 Å². The van der Waals surface area contributed by atoms with E-state index in [4.69, 9.17) is 0 Å². The zero-order valence-corrected chi connectivity index (χ0v) is 6.86. The summed E-state index contributed by atoms with van der Waals surface area (Å²) in [5.41, 5.74) is 0. The van der Waals surface area contributed by atoms with Crippen LogP contribution in [0.25, 0.3) is 0 Å². The second-order valence-corrected chi connectivity index (χ2v) is 0. The van der Waals surface area contributed by atoms with Gasteiger partial charge in [-0.2, -0.15) is 0 Å². The minimum Gasteiger partial charge on any atom is -0.412 e. The van der Waals surface area contributed by atoms with Gasteiger partial charge in [-0.3, -0.25) is 0 Å². The Morgan fingerprint density at radius 3 is 1.00 bits per heavy atom. The molecule has 0 saturated carbocycles. The molecule has 0 aliphatic rings. The first kappa shape index (κ1) is 63.4. The summed E-state index contributed by atoms with van der Waals surface area (Å²) in [5, 5.41) is 0. The van der Waals surface area contributed by atoms with Gasteiger partial charge in [0.2, 0.25) is 0 Å². The average molecular weight is 156 g/mol. The van der Waals surface area contributed by atoms with Crippen LogP contribution in [0.1, 0.15) is 0 Å². The Labute approximate surface area is 67.7 Å². The van der Waals surface area contributed by atoms with E-state index in [9.17, 15) is 0 Å². The van der Waals surface area contributed by atoms with Gasteiger partial charge < -0.3 is 5.48 Å². The maximum Gasteiger partial charge on any atom is 0 e. The van der Waals surface area contributed by atoms with Crippen molar-refractivity contribution in [3.8, 4) is 0 Å². The van der Waals surface area contributed by atoms with Gasteiger partial charge >= 0.3 is 0 Å². The molecular formula is H2AlOPSTi. The Morgan fingerprint density at radius 2 is 1.00 bits per heavy atom. The zero-order chi connectivity index (χ0) is 0. The van der Waals surface area contributed by atoms with E-state index in [-0.39, 0.29) is 67.9 Å². The Balaban J connectivity index is 0. The number of hydrogen-bond donors (Lipinski definition) is 0. The predicted octanol–water partition coefficient (Wildman–Crippen LogP) is 0.301. The normalized spacial score (nSPS) is 0. The second kappa shape index (κ2) is 37.7. The van der Waals surface area contributed by atoms with E-state index in [1.165, 1.54) is 0 Å². The fourth-order valence-corrected chi connectivity index (χ4v) is 0. The Morgan fingerprint density at radius 1 is 1.00 bits per heavy atom. The molecule has 0 amide bonds. The van der Waals surface area contributed by atoms with E-state index in [0.717, 1.165) is 0 Å². The minimum atomic E-state index is 0. The van der Waals surface area contributed by atoms with Crippen LogP contribution in [-0.2, 0) is 21.7 Å². The van der Waals surface area contributed by atoms with Crippen LogP contribution in [0.2, 0.25) is 0 Å². The quantitative estimate of drug-likeness (QED) is 0.356. The van der Waals surface area contributed by atoms with Crippen molar-refractivity contribution in [1.29, 1.82) is 0 Å². The van der Waals surface area contributed by atoms with Gasteiger partial charge in [0.15, 0.2) is 0 Å². The third-order valence-corrected chi connectivity index (χ3v) is 0. The van der Waals surface area contributed by atoms with E-state index in [0.29, 0.717) is 0 Å². The summed E-state index contributed by atoms with van der Waals surface area (Å²) in [6, 6.07) is 0. The van der Waals surface area contributed by atoms with Crippen molar-refractivity contribution in [2.75, 3.05) is 0 Å². The van der Waals surface area contributed by atoms with Crippen LogP contribution in [-0.4, -0.2) is 22.8 Å². The molecule has 0 aromatic carbocycles. The monoisotopic (exact) mass is 156 g/mol. The van der Waals surface area contributed by atoms with Gasteiger partial charge in [-0.15, -0.1) is 0 Å². The van der Waals surface area contributed by atoms with Crippen molar-refractivity contribution in [2.45, 2.75) is 0 Å². The van der Waals surface area contributed by atoms with Crippen molar-refractivity contribution in [3.05, 3.63) is 0 Å². The van der Waals surface area contributed by atoms with Gasteiger partial charge in [-0.25, -0.2) is 0 Å². The molecule has 0 fully saturated rings. The molecule has 0 unspecified atom stereocenters. The van der Waals surface area contributed by atoms with Crippen molar-refractivity contribution < 1.29 is 27.2 Å².